The fraction of sp³-hybridized carbons (Fsp3) is 0.125. The van der Waals surface area contributed by atoms with Gasteiger partial charge in [0.15, 0.2) is 0 Å². The minimum Gasteiger partial charge on any atom is -0.497 e. The molecule has 0 spiro atoms. The quantitative estimate of drug-likeness (QED) is 0.501. The molecule has 1 N–H and O–H groups in total. The second-order valence-corrected chi connectivity index (χ2v) is 6.77. The van der Waals surface area contributed by atoms with Gasteiger partial charge in [-0.2, -0.15) is 5.26 Å². The van der Waals surface area contributed by atoms with Gasteiger partial charge in [0.2, 0.25) is 0 Å². The standard InChI is InChI=1S/C24H19N3O3/c1-29-18-9-10-19-20(12-17-7-4-8-21(26-17)24(28)30-2)23(27-22(19)13-18)16-6-3-5-15(11-16)14-25/h3-11,13,27H,12H2,1-2H3. The Hall–Kier alpha value is -4.11. The number of methoxy groups -OCH3 is 2. The summed E-state index contributed by atoms with van der Waals surface area (Å²) in [6.45, 7) is 0. The lowest BCUT2D eigenvalue weighted by molar-refractivity contribution is 0.0593. The average molecular weight is 397 g/mol. The van der Waals surface area contributed by atoms with Gasteiger partial charge in [0.05, 0.1) is 31.5 Å². The second kappa shape index (κ2) is 8.10. The van der Waals surface area contributed by atoms with E-state index in [0.717, 1.165) is 39.2 Å². The van der Waals surface area contributed by atoms with Crippen LogP contribution < -0.4 is 4.74 Å². The molecule has 2 heterocycles. The molecular formula is C24H19N3O3. The number of benzene rings is 2. The number of nitriles is 1. The number of H-pyrrole nitrogens is 1. The van der Waals surface area contributed by atoms with E-state index in [1.807, 2.05) is 42.5 Å². The third-order valence-corrected chi connectivity index (χ3v) is 4.95. The Morgan fingerprint density at radius 2 is 1.93 bits per heavy atom. The summed E-state index contributed by atoms with van der Waals surface area (Å²) in [5, 5.41) is 10.3. The Balaban J connectivity index is 1.87. The van der Waals surface area contributed by atoms with Crippen LogP contribution in [0.5, 0.6) is 5.75 Å². The molecule has 0 fully saturated rings. The highest BCUT2D eigenvalue weighted by molar-refractivity contribution is 5.92. The number of esters is 1. The molecule has 0 bridgehead atoms. The number of aromatic nitrogens is 2. The molecule has 6 heteroatoms. The van der Waals surface area contributed by atoms with Crippen molar-refractivity contribution in [1.29, 1.82) is 5.26 Å². The van der Waals surface area contributed by atoms with Crippen LogP contribution in [0.2, 0.25) is 0 Å². The second-order valence-electron chi connectivity index (χ2n) is 6.77. The molecule has 0 saturated carbocycles. The molecule has 0 aliphatic carbocycles. The first-order chi connectivity index (χ1) is 14.6. The molecule has 4 rings (SSSR count). The van der Waals surface area contributed by atoms with E-state index < -0.39 is 5.97 Å². The average Bonchev–Trinajstić information content (AvgIpc) is 3.16. The van der Waals surface area contributed by atoms with Crippen LogP contribution in [0.3, 0.4) is 0 Å². The highest BCUT2D eigenvalue weighted by Crippen LogP contribution is 2.34. The predicted molar refractivity (Wildman–Crippen MR) is 113 cm³/mol. The number of carbonyl (C=O) groups is 1. The van der Waals surface area contributed by atoms with Gasteiger partial charge in [-0.05, 0) is 47.5 Å². The minimum atomic E-state index is -0.470. The zero-order valence-electron chi connectivity index (χ0n) is 16.6. The SMILES string of the molecule is COC(=O)c1cccc(Cc2c(-c3cccc(C#N)c3)[nH]c3cc(OC)ccc23)n1. The zero-order chi connectivity index (χ0) is 21.1. The van der Waals surface area contributed by atoms with Crippen molar-refractivity contribution in [3.05, 3.63) is 83.2 Å². The molecule has 0 unspecified atom stereocenters. The summed E-state index contributed by atoms with van der Waals surface area (Å²) in [6.07, 6.45) is 0.503. The van der Waals surface area contributed by atoms with Crippen LogP contribution in [0.25, 0.3) is 22.2 Å². The van der Waals surface area contributed by atoms with Crippen molar-refractivity contribution in [3.63, 3.8) is 0 Å². The van der Waals surface area contributed by atoms with Gasteiger partial charge < -0.3 is 14.5 Å². The fourth-order valence-electron chi connectivity index (χ4n) is 3.51. The number of pyridine rings is 1. The van der Waals surface area contributed by atoms with Crippen LogP contribution in [-0.2, 0) is 11.2 Å². The molecule has 0 radical (unpaired) electrons. The maximum atomic E-state index is 11.9. The van der Waals surface area contributed by atoms with Crippen LogP contribution in [0.15, 0.2) is 60.7 Å². The van der Waals surface area contributed by atoms with Crippen molar-refractivity contribution in [2.75, 3.05) is 14.2 Å². The van der Waals surface area contributed by atoms with Gasteiger partial charge in [-0.1, -0.05) is 18.2 Å². The van der Waals surface area contributed by atoms with E-state index in [4.69, 9.17) is 9.47 Å². The molecule has 148 valence electrons. The molecule has 2 aromatic heterocycles. The van der Waals surface area contributed by atoms with Crippen molar-refractivity contribution in [2.45, 2.75) is 6.42 Å². The molecule has 6 nitrogen and oxygen atoms in total. The summed E-state index contributed by atoms with van der Waals surface area (Å²) in [7, 11) is 2.97. The summed E-state index contributed by atoms with van der Waals surface area (Å²) in [4.78, 5) is 19.8. The van der Waals surface area contributed by atoms with Gasteiger partial charge in [-0.25, -0.2) is 9.78 Å². The van der Waals surface area contributed by atoms with E-state index in [-0.39, 0.29) is 5.69 Å². The molecule has 2 aromatic carbocycles. The van der Waals surface area contributed by atoms with E-state index in [1.54, 1.807) is 25.3 Å². The van der Waals surface area contributed by atoms with Crippen molar-refractivity contribution in [1.82, 2.24) is 9.97 Å². The number of carbonyl (C=O) groups excluding carboxylic acids is 1. The number of nitrogens with one attached hydrogen (secondary N) is 1. The molecule has 0 aliphatic rings. The summed E-state index contributed by atoms with van der Waals surface area (Å²) >= 11 is 0. The first kappa shape index (κ1) is 19.2. The fourth-order valence-corrected chi connectivity index (χ4v) is 3.51. The number of hydrogen-bond donors (Lipinski definition) is 1. The predicted octanol–water partition coefficient (Wildman–Crippen LogP) is 4.49. The normalized spacial score (nSPS) is 10.6. The lowest BCUT2D eigenvalue weighted by atomic mass is 9.99. The van der Waals surface area contributed by atoms with Crippen molar-refractivity contribution in [3.8, 4) is 23.1 Å². The Labute approximate surface area is 173 Å². The number of aromatic amines is 1. The Kier molecular flexibility index (Phi) is 5.19. The van der Waals surface area contributed by atoms with Crippen LogP contribution in [0.4, 0.5) is 0 Å². The third-order valence-electron chi connectivity index (χ3n) is 4.95. The highest BCUT2D eigenvalue weighted by atomic mass is 16.5. The Bertz CT molecular complexity index is 1280. The zero-order valence-corrected chi connectivity index (χ0v) is 16.6. The van der Waals surface area contributed by atoms with Crippen molar-refractivity contribution in [2.24, 2.45) is 0 Å². The molecule has 30 heavy (non-hydrogen) atoms. The summed E-state index contributed by atoms with van der Waals surface area (Å²) in [5.41, 5.74) is 5.35. The Morgan fingerprint density at radius 3 is 2.70 bits per heavy atom. The molecular weight excluding hydrogens is 378 g/mol. The number of hydrogen-bond acceptors (Lipinski definition) is 5. The third kappa shape index (κ3) is 3.61. The lowest BCUT2D eigenvalue weighted by Gasteiger charge is -2.07. The number of ether oxygens (including phenoxy) is 2. The number of fused-ring (bicyclic) bond motifs is 1. The highest BCUT2D eigenvalue weighted by Gasteiger charge is 2.16. The largest absolute Gasteiger partial charge is 0.497 e. The van der Waals surface area contributed by atoms with Gasteiger partial charge >= 0.3 is 5.97 Å². The maximum absolute atomic E-state index is 11.9. The van der Waals surface area contributed by atoms with Crippen LogP contribution in [-0.4, -0.2) is 30.2 Å². The monoisotopic (exact) mass is 397 g/mol. The van der Waals surface area contributed by atoms with Crippen LogP contribution in [0.1, 0.15) is 27.3 Å². The molecule has 0 atom stereocenters. The number of nitrogens with zero attached hydrogens (tertiary/aromatic N) is 2. The van der Waals surface area contributed by atoms with E-state index in [2.05, 4.69) is 16.0 Å². The van der Waals surface area contributed by atoms with Gasteiger partial charge in [0.1, 0.15) is 11.4 Å². The molecule has 0 saturated heterocycles. The van der Waals surface area contributed by atoms with Crippen LogP contribution in [0, 0.1) is 11.3 Å². The summed E-state index contributed by atoms with van der Waals surface area (Å²) in [5.74, 6) is 0.279. The van der Waals surface area contributed by atoms with Gasteiger partial charge in [0.25, 0.3) is 0 Å². The van der Waals surface area contributed by atoms with E-state index >= 15 is 0 Å². The first-order valence-corrected chi connectivity index (χ1v) is 9.36. The smallest absolute Gasteiger partial charge is 0.356 e. The summed E-state index contributed by atoms with van der Waals surface area (Å²) < 4.78 is 10.1. The van der Waals surface area contributed by atoms with E-state index in [1.165, 1.54) is 7.11 Å². The lowest BCUT2D eigenvalue weighted by Crippen LogP contribution is -2.06. The molecule has 4 aromatic rings. The van der Waals surface area contributed by atoms with Gasteiger partial charge in [-0.3, -0.25) is 0 Å². The van der Waals surface area contributed by atoms with Crippen LogP contribution >= 0.6 is 0 Å². The summed E-state index contributed by atoms with van der Waals surface area (Å²) in [6, 6.07) is 20.8. The topological polar surface area (TPSA) is 88.0 Å². The van der Waals surface area contributed by atoms with Crippen molar-refractivity contribution < 1.29 is 14.3 Å². The maximum Gasteiger partial charge on any atom is 0.356 e. The van der Waals surface area contributed by atoms with E-state index in [9.17, 15) is 10.1 Å². The molecule has 0 aliphatic heterocycles. The minimum absolute atomic E-state index is 0.268. The molecule has 0 amide bonds. The van der Waals surface area contributed by atoms with E-state index in [0.29, 0.717) is 12.0 Å². The van der Waals surface area contributed by atoms with Crippen molar-refractivity contribution >= 4 is 16.9 Å². The first-order valence-electron chi connectivity index (χ1n) is 9.36. The van der Waals surface area contributed by atoms with Gasteiger partial charge in [0, 0.05) is 29.1 Å². The number of rotatable bonds is 5. The van der Waals surface area contributed by atoms with Gasteiger partial charge in [-0.15, -0.1) is 0 Å². The Morgan fingerprint density at radius 1 is 1.10 bits per heavy atom.